The number of hydrogen-bond donors (Lipinski definition) is 2. The van der Waals surface area contributed by atoms with Crippen molar-refractivity contribution in [1.29, 1.82) is 0 Å². The van der Waals surface area contributed by atoms with Crippen LogP contribution in [0.2, 0.25) is 15.1 Å². The number of halogens is 4. The molecule has 114 heavy (non-hydrogen) atoms. The molecule has 3 N–H and O–H groups in total. The van der Waals surface area contributed by atoms with Crippen LogP contribution in [0.1, 0.15) is 165 Å². The van der Waals surface area contributed by atoms with Gasteiger partial charge in [-0.05, 0) is 138 Å². The van der Waals surface area contributed by atoms with Gasteiger partial charge in [0.05, 0.1) is 42.2 Å². The Labute approximate surface area is 671 Å². The van der Waals surface area contributed by atoms with Crippen molar-refractivity contribution in [3.63, 3.8) is 0 Å². The van der Waals surface area contributed by atoms with Crippen molar-refractivity contribution in [3.05, 3.63) is 236 Å². The maximum Gasteiger partial charge on any atom is 0.338 e. The van der Waals surface area contributed by atoms with E-state index in [1.807, 2.05) is 24.3 Å². The van der Waals surface area contributed by atoms with E-state index in [1.54, 1.807) is 64.1 Å². The van der Waals surface area contributed by atoms with Gasteiger partial charge in [0.25, 0.3) is 62.9 Å². The largest absolute Gasteiger partial charge is 0.465 e. The van der Waals surface area contributed by atoms with E-state index in [1.165, 1.54) is 140 Å². The summed E-state index contributed by atoms with van der Waals surface area (Å²) >= 11 is 22.0. The number of amidine groups is 1. The van der Waals surface area contributed by atoms with Crippen molar-refractivity contribution in [2.75, 3.05) is 7.11 Å². The lowest BCUT2D eigenvalue weighted by molar-refractivity contribution is -0.385. The van der Waals surface area contributed by atoms with E-state index in [0.717, 1.165) is 54.9 Å². The van der Waals surface area contributed by atoms with Crippen molar-refractivity contribution in [2.45, 2.75) is 150 Å². The highest BCUT2D eigenvalue weighted by molar-refractivity contribution is 6.67. The summed E-state index contributed by atoms with van der Waals surface area (Å²) in [6.45, 7) is 8.27. The normalized spacial score (nSPS) is 13.4. The van der Waals surface area contributed by atoms with Crippen molar-refractivity contribution in [1.82, 2.24) is 40.6 Å². The first-order chi connectivity index (χ1) is 54.3. The van der Waals surface area contributed by atoms with Crippen LogP contribution in [0.15, 0.2) is 132 Å². The SMILES string of the molecule is C/C(N)=N/O.COC(=O)c1ccc(CC2CCCCC2)c([N+](=O)[O-])c1.Cc1noc(-c2ccc(CC3CCCCC3)c([N+](=O)[O-])c2)n1.Cc1noc(-c2ccc(CC3CCCCC3)c([N+](=O)[O-])c2)n1.Cc1noc(-c2ccc(Cl)c([N+](=O)[O-])c2)n1.Cc1noc(-c2ccc(Cl)c([N+](=O)[O-])c2)n1.O=C(Cl)c1ccc(Cl)c([N+](=O)[O-])c1.[HH]. The Hall–Kier alpha value is -12.2. The highest BCUT2D eigenvalue weighted by Crippen LogP contribution is 2.37. The number of nitro groups is 6. The molecule has 0 unspecified atom stereocenters. The zero-order chi connectivity index (χ0) is 83.3. The molecular formula is C74H80Cl4N16O20. The van der Waals surface area contributed by atoms with Crippen LogP contribution in [0.5, 0.6) is 0 Å². The minimum absolute atomic E-state index is 0. The number of nitro benzene ring substituents is 6. The number of oxime groups is 1. The Kier molecular flexibility index (Phi) is 34.1. The lowest BCUT2D eigenvalue weighted by Gasteiger charge is -2.21. The average Bonchev–Trinajstić information content (AvgIpc) is 1.83. The van der Waals surface area contributed by atoms with E-state index < -0.39 is 30.9 Å². The van der Waals surface area contributed by atoms with Crippen molar-refractivity contribution < 1.29 is 68.6 Å². The maximum atomic E-state index is 11.4. The predicted molar refractivity (Wildman–Crippen MR) is 419 cm³/mol. The molecule has 0 amide bonds. The van der Waals surface area contributed by atoms with Gasteiger partial charge in [-0.3, -0.25) is 65.5 Å². The van der Waals surface area contributed by atoms with Gasteiger partial charge >= 0.3 is 5.97 Å². The molecule has 40 heteroatoms. The molecule has 6 aromatic carbocycles. The molecule has 13 rings (SSSR count). The van der Waals surface area contributed by atoms with Crippen LogP contribution in [-0.4, -0.2) is 99.5 Å². The van der Waals surface area contributed by atoms with Gasteiger partial charge in [0.15, 0.2) is 23.3 Å². The van der Waals surface area contributed by atoms with Gasteiger partial charge in [-0.2, -0.15) is 19.9 Å². The standard InChI is InChI=1S/2C16H19N3O3.C15H19NO4.2C9H6ClN3O3.C7H3Cl2NO3.C2H6N2O.H2/c2*1-11-17-16(22-18-11)14-8-7-13(15(10-14)19(20)21)9-12-5-3-2-4-6-12;1-20-15(17)13-8-7-12(14(10-13)16(18)19)9-11-5-3-2-4-6-11;2*1-5-11-9(16-12-5)6-2-3-7(10)8(4-6)13(14)15;8-5-2-1-4(7(9)11)3-6(5)10(12)13;1-2(3)4-5;/h2*7-8,10,12H,2-6,9H2,1H3;7-8,10-11H,2-6,9H2,1H3;2*2-4H,1H3;1-3H;5H,1H3,(H2,3,4);1H. The van der Waals surface area contributed by atoms with Gasteiger partial charge in [-0.1, -0.05) is 175 Å². The van der Waals surface area contributed by atoms with Gasteiger partial charge < -0.3 is 33.8 Å². The van der Waals surface area contributed by atoms with Crippen LogP contribution in [0, 0.1) is 106 Å². The van der Waals surface area contributed by atoms with Crippen LogP contribution in [0.4, 0.5) is 34.1 Å². The molecule has 4 heterocycles. The summed E-state index contributed by atoms with van der Waals surface area (Å²) in [4.78, 5) is 101. The minimum Gasteiger partial charge on any atom is -0.465 e. The summed E-state index contributed by atoms with van der Waals surface area (Å²) < 4.78 is 24.6. The number of carbonyl (C=O) groups is 2. The minimum atomic E-state index is -0.750. The summed E-state index contributed by atoms with van der Waals surface area (Å²) in [5.74, 6) is 4.36. The molecule has 4 aromatic heterocycles. The fraction of sp³-hybridized carbons (Fsp3) is 0.365. The molecule has 0 bridgehead atoms. The first-order valence-electron chi connectivity index (χ1n) is 35.4. The molecule has 3 saturated carbocycles. The first kappa shape index (κ1) is 89.1. The molecule has 0 atom stereocenters. The fourth-order valence-corrected chi connectivity index (χ4v) is 13.0. The molecule has 604 valence electrons. The second kappa shape index (κ2) is 43.6. The van der Waals surface area contributed by atoms with Gasteiger partial charge in [0.1, 0.15) is 20.9 Å². The van der Waals surface area contributed by atoms with Gasteiger partial charge in [0, 0.05) is 82.3 Å². The summed E-state index contributed by atoms with van der Waals surface area (Å²) in [5, 5.41) is 89.9. The van der Waals surface area contributed by atoms with Crippen molar-refractivity contribution in [3.8, 4) is 45.8 Å². The third-order valence-electron chi connectivity index (χ3n) is 17.9. The van der Waals surface area contributed by atoms with Gasteiger partial charge in [-0.15, -0.1) is 0 Å². The quantitative estimate of drug-likeness (QED) is 0.0153. The van der Waals surface area contributed by atoms with Crippen LogP contribution >= 0.6 is 46.4 Å². The van der Waals surface area contributed by atoms with E-state index in [9.17, 15) is 70.3 Å². The van der Waals surface area contributed by atoms with Crippen molar-refractivity contribution in [2.24, 2.45) is 28.6 Å². The Morgan fingerprint density at radius 2 is 0.684 bits per heavy atom. The molecule has 3 aliphatic rings. The van der Waals surface area contributed by atoms with Crippen LogP contribution < -0.4 is 5.73 Å². The Morgan fingerprint density at radius 3 is 0.947 bits per heavy atom. The number of aromatic nitrogens is 8. The van der Waals surface area contributed by atoms with Crippen LogP contribution in [0.3, 0.4) is 0 Å². The highest BCUT2D eigenvalue weighted by Gasteiger charge is 2.27. The topological polar surface area (TPSA) is 516 Å². The van der Waals surface area contributed by atoms with Gasteiger partial charge in [0.2, 0.25) is 0 Å². The molecule has 0 radical (unpaired) electrons. The molecule has 0 spiro atoms. The monoisotopic (exact) mass is 1650 g/mol. The zero-order valence-corrected chi connectivity index (χ0v) is 65.4. The van der Waals surface area contributed by atoms with E-state index in [-0.39, 0.29) is 89.2 Å². The number of nitrogens with two attached hydrogens (primary N) is 1. The molecule has 3 aliphatic carbocycles. The van der Waals surface area contributed by atoms with E-state index in [0.29, 0.717) is 75.1 Å². The summed E-state index contributed by atoms with van der Waals surface area (Å²) in [6.07, 6.45) is 20.4. The molecular weight excluding hydrogens is 1570 g/mol. The molecule has 0 aliphatic heterocycles. The molecule has 36 nitrogen and oxygen atoms in total. The smallest absolute Gasteiger partial charge is 0.338 e. The van der Waals surface area contributed by atoms with E-state index in [4.69, 9.17) is 75.4 Å². The third-order valence-corrected chi connectivity index (χ3v) is 19.1. The molecule has 0 saturated heterocycles. The van der Waals surface area contributed by atoms with Gasteiger partial charge in [-0.25, -0.2) is 4.79 Å². The second-order valence-electron chi connectivity index (χ2n) is 26.3. The Balaban J connectivity index is 0.000000213. The summed E-state index contributed by atoms with van der Waals surface area (Å²) in [5.41, 5.74) is 9.16. The predicted octanol–water partition coefficient (Wildman–Crippen LogP) is 19.5. The third kappa shape index (κ3) is 27.1. The number of carbonyl (C=O) groups excluding carboxylic acids is 2. The zero-order valence-electron chi connectivity index (χ0n) is 62.4. The number of ether oxygens (including phenoxy) is 1. The number of esters is 1. The Bertz CT molecular complexity index is 4840. The van der Waals surface area contributed by atoms with Crippen molar-refractivity contribution >= 4 is 97.6 Å². The highest BCUT2D eigenvalue weighted by atomic mass is 35.5. The number of rotatable bonds is 18. The maximum absolute atomic E-state index is 11.4. The number of methoxy groups -OCH3 is 1. The van der Waals surface area contributed by atoms with E-state index >= 15 is 0 Å². The number of hydrogen-bond acceptors (Lipinski definition) is 29. The lowest BCUT2D eigenvalue weighted by Crippen LogP contribution is -2.11. The molecule has 3 fully saturated rings. The second-order valence-corrected chi connectivity index (χ2v) is 27.9. The first-order valence-corrected chi connectivity index (χ1v) is 36.9. The number of nitrogens with zero attached hydrogens (tertiary/aromatic N) is 15. The lowest BCUT2D eigenvalue weighted by atomic mass is 9.84. The number of benzene rings is 6. The van der Waals surface area contributed by atoms with Crippen LogP contribution in [0.25, 0.3) is 45.8 Å². The van der Waals surface area contributed by atoms with E-state index in [2.05, 4.69) is 50.5 Å². The fourth-order valence-electron chi connectivity index (χ4n) is 12.3. The number of aryl methyl sites for hydroxylation is 4. The molecule has 10 aromatic rings. The Morgan fingerprint density at radius 1 is 0.439 bits per heavy atom. The summed E-state index contributed by atoms with van der Waals surface area (Å²) in [7, 11) is 1.27. The average molecular weight is 1660 g/mol. The van der Waals surface area contributed by atoms with Crippen LogP contribution in [-0.2, 0) is 24.0 Å². The summed E-state index contributed by atoms with van der Waals surface area (Å²) in [6, 6.07) is 27.3.